The van der Waals surface area contributed by atoms with E-state index in [2.05, 4.69) is 0 Å². The molecule has 2 rings (SSSR count). The average Bonchev–Trinajstić information content (AvgIpc) is 2.25. The Balaban J connectivity index is 2.63. The first-order chi connectivity index (χ1) is 8.19. The quantitative estimate of drug-likeness (QED) is 0.886. The Kier molecular flexibility index (Phi) is 2.97. The first-order valence-electron chi connectivity index (χ1n) is 5.74. The Morgan fingerprint density at radius 3 is 2.28 bits per heavy atom. The van der Waals surface area contributed by atoms with Crippen LogP contribution in [-0.4, -0.2) is 18.3 Å². The fourth-order valence-corrected chi connectivity index (χ4v) is 1.86. The third-order valence-electron chi connectivity index (χ3n) is 2.81. The molecule has 1 aliphatic heterocycles. The summed E-state index contributed by atoms with van der Waals surface area (Å²) in [6.07, 6.45) is 0. The maximum absolute atomic E-state index is 13.4. The molecule has 18 heavy (non-hydrogen) atoms. The van der Waals surface area contributed by atoms with E-state index in [1.807, 2.05) is 0 Å². The number of ether oxygens (including phenoxy) is 2. The van der Waals surface area contributed by atoms with Gasteiger partial charge in [-0.1, -0.05) is 0 Å². The zero-order chi connectivity index (χ0) is 13.6. The van der Waals surface area contributed by atoms with Crippen molar-refractivity contribution in [3.05, 3.63) is 23.3 Å². The average molecular weight is 258 g/mol. The molecule has 0 saturated heterocycles. The standard InChI is InChI=1S/C13H16F2O3/c1-12(2,16)9-6-8(13(3,14)15)7-10-11(9)18-5-4-17-10/h6-7,16H,4-5H2,1-3H3. The van der Waals surface area contributed by atoms with E-state index in [9.17, 15) is 13.9 Å². The summed E-state index contributed by atoms with van der Waals surface area (Å²) in [6.45, 7) is 4.53. The van der Waals surface area contributed by atoms with Crippen LogP contribution in [0, 0.1) is 0 Å². The van der Waals surface area contributed by atoms with Gasteiger partial charge in [-0.15, -0.1) is 0 Å². The van der Waals surface area contributed by atoms with E-state index in [1.54, 1.807) is 0 Å². The molecule has 0 radical (unpaired) electrons. The van der Waals surface area contributed by atoms with Gasteiger partial charge in [0.1, 0.15) is 13.2 Å². The van der Waals surface area contributed by atoms with Gasteiger partial charge in [0, 0.05) is 18.1 Å². The van der Waals surface area contributed by atoms with Crippen molar-refractivity contribution in [2.75, 3.05) is 13.2 Å². The van der Waals surface area contributed by atoms with Crippen LogP contribution in [0.1, 0.15) is 31.9 Å². The highest BCUT2D eigenvalue weighted by molar-refractivity contribution is 5.53. The van der Waals surface area contributed by atoms with Crippen LogP contribution >= 0.6 is 0 Å². The molecule has 0 bridgehead atoms. The minimum absolute atomic E-state index is 0.191. The maximum atomic E-state index is 13.4. The number of hydrogen-bond acceptors (Lipinski definition) is 3. The number of fused-ring (bicyclic) bond motifs is 1. The van der Waals surface area contributed by atoms with Gasteiger partial charge in [-0.05, 0) is 26.0 Å². The zero-order valence-corrected chi connectivity index (χ0v) is 10.6. The molecule has 0 amide bonds. The van der Waals surface area contributed by atoms with Crippen molar-refractivity contribution in [1.82, 2.24) is 0 Å². The van der Waals surface area contributed by atoms with Crippen LogP contribution in [0.25, 0.3) is 0 Å². The Bertz CT molecular complexity index is 459. The molecule has 1 aliphatic rings. The third kappa shape index (κ3) is 2.41. The smallest absolute Gasteiger partial charge is 0.270 e. The van der Waals surface area contributed by atoms with Crippen LogP contribution in [0.15, 0.2) is 12.1 Å². The number of hydrogen-bond donors (Lipinski definition) is 1. The second-order valence-corrected chi connectivity index (χ2v) is 5.00. The maximum Gasteiger partial charge on any atom is 0.270 e. The summed E-state index contributed by atoms with van der Waals surface area (Å²) < 4.78 is 37.6. The lowest BCUT2D eigenvalue weighted by molar-refractivity contribution is 0.0158. The van der Waals surface area contributed by atoms with Crippen molar-refractivity contribution in [3.63, 3.8) is 0 Å². The summed E-state index contributed by atoms with van der Waals surface area (Å²) >= 11 is 0. The van der Waals surface area contributed by atoms with Crippen molar-refractivity contribution < 1.29 is 23.4 Å². The Labute approximate surface area is 104 Å². The van der Waals surface area contributed by atoms with E-state index in [-0.39, 0.29) is 11.3 Å². The number of benzene rings is 1. The topological polar surface area (TPSA) is 38.7 Å². The summed E-state index contributed by atoms with van der Waals surface area (Å²) in [5, 5.41) is 10.1. The molecular formula is C13H16F2O3. The second kappa shape index (κ2) is 4.09. The van der Waals surface area contributed by atoms with Crippen LogP contribution in [0.2, 0.25) is 0 Å². The van der Waals surface area contributed by atoms with E-state index in [4.69, 9.17) is 9.47 Å². The van der Waals surface area contributed by atoms with Gasteiger partial charge in [-0.2, -0.15) is 0 Å². The molecule has 3 nitrogen and oxygen atoms in total. The third-order valence-corrected chi connectivity index (χ3v) is 2.81. The monoisotopic (exact) mass is 258 g/mol. The Hall–Kier alpha value is -1.36. The molecule has 0 spiro atoms. The van der Waals surface area contributed by atoms with E-state index >= 15 is 0 Å². The van der Waals surface area contributed by atoms with Crippen molar-refractivity contribution in [1.29, 1.82) is 0 Å². The van der Waals surface area contributed by atoms with Gasteiger partial charge in [0.2, 0.25) is 0 Å². The lowest BCUT2D eigenvalue weighted by Gasteiger charge is -2.28. The van der Waals surface area contributed by atoms with Gasteiger partial charge >= 0.3 is 0 Å². The van der Waals surface area contributed by atoms with E-state index < -0.39 is 11.5 Å². The molecule has 0 atom stereocenters. The van der Waals surface area contributed by atoms with Crippen LogP contribution in [0.5, 0.6) is 11.5 Å². The first-order valence-corrected chi connectivity index (χ1v) is 5.74. The highest BCUT2D eigenvalue weighted by Gasteiger charge is 2.32. The lowest BCUT2D eigenvalue weighted by atomic mass is 9.93. The SMILES string of the molecule is CC(C)(O)c1cc(C(C)(F)F)cc2c1OCCO2. The first kappa shape index (κ1) is 13.1. The molecule has 1 aromatic carbocycles. The van der Waals surface area contributed by atoms with Crippen LogP contribution in [0.3, 0.4) is 0 Å². The fraction of sp³-hybridized carbons (Fsp3) is 0.538. The van der Waals surface area contributed by atoms with Gasteiger partial charge in [-0.25, -0.2) is 8.78 Å². The molecule has 1 aromatic rings. The minimum atomic E-state index is -2.99. The molecule has 1 N–H and O–H groups in total. The minimum Gasteiger partial charge on any atom is -0.486 e. The van der Waals surface area contributed by atoms with Crippen molar-refractivity contribution >= 4 is 0 Å². The zero-order valence-electron chi connectivity index (χ0n) is 10.6. The number of halogens is 2. The highest BCUT2D eigenvalue weighted by Crippen LogP contribution is 2.43. The highest BCUT2D eigenvalue weighted by atomic mass is 19.3. The summed E-state index contributed by atoms with van der Waals surface area (Å²) in [6, 6.07) is 2.54. The van der Waals surface area contributed by atoms with Crippen LogP contribution in [-0.2, 0) is 11.5 Å². The molecule has 0 aliphatic carbocycles. The largest absolute Gasteiger partial charge is 0.486 e. The van der Waals surface area contributed by atoms with Crippen molar-refractivity contribution in [2.24, 2.45) is 0 Å². The summed E-state index contributed by atoms with van der Waals surface area (Å²) in [4.78, 5) is 0. The predicted octanol–water partition coefficient (Wildman–Crippen LogP) is 2.80. The molecule has 1 heterocycles. The predicted molar refractivity (Wildman–Crippen MR) is 62.2 cm³/mol. The summed E-state index contributed by atoms with van der Waals surface area (Å²) in [5.41, 5.74) is -1.15. The summed E-state index contributed by atoms with van der Waals surface area (Å²) in [7, 11) is 0. The van der Waals surface area contributed by atoms with Crippen LogP contribution in [0.4, 0.5) is 8.78 Å². The van der Waals surface area contributed by atoms with Crippen LogP contribution < -0.4 is 9.47 Å². The van der Waals surface area contributed by atoms with Gasteiger partial charge in [0.15, 0.2) is 11.5 Å². The Morgan fingerprint density at radius 2 is 1.72 bits per heavy atom. The molecule has 0 saturated carbocycles. The second-order valence-electron chi connectivity index (χ2n) is 5.00. The summed E-state index contributed by atoms with van der Waals surface area (Å²) in [5.74, 6) is -2.38. The molecule has 5 heteroatoms. The normalized spacial score (nSPS) is 15.7. The van der Waals surface area contributed by atoms with E-state index in [0.29, 0.717) is 24.5 Å². The Morgan fingerprint density at radius 1 is 1.11 bits per heavy atom. The number of alkyl halides is 2. The van der Waals surface area contributed by atoms with Crippen molar-refractivity contribution in [3.8, 4) is 11.5 Å². The molecule has 100 valence electrons. The molecule has 0 fully saturated rings. The van der Waals surface area contributed by atoms with Gasteiger partial charge < -0.3 is 14.6 Å². The van der Waals surface area contributed by atoms with Gasteiger partial charge in [0.25, 0.3) is 5.92 Å². The molecule has 0 aromatic heterocycles. The number of rotatable bonds is 2. The van der Waals surface area contributed by atoms with E-state index in [0.717, 1.165) is 6.92 Å². The van der Waals surface area contributed by atoms with Gasteiger partial charge in [-0.3, -0.25) is 0 Å². The van der Waals surface area contributed by atoms with Crippen molar-refractivity contribution in [2.45, 2.75) is 32.3 Å². The fourth-order valence-electron chi connectivity index (χ4n) is 1.86. The van der Waals surface area contributed by atoms with Gasteiger partial charge in [0.05, 0.1) is 5.60 Å². The molecular weight excluding hydrogens is 242 g/mol. The molecule has 0 unspecified atom stereocenters. The van der Waals surface area contributed by atoms with E-state index in [1.165, 1.54) is 26.0 Å². The lowest BCUT2D eigenvalue weighted by Crippen LogP contribution is -2.24. The number of aliphatic hydroxyl groups is 1.